The average Bonchev–Trinajstić information content (AvgIpc) is 2.65. The lowest BCUT2D eigenvalue weighted by molar-refractivity contribution is -0.0884. The summed E-state index contributed by atoms with van der Waals surface area (Å²) in [5.41, 5.74) is 2.61. The summed E-state index contributed by atoms with van der Waals surface area (Å²) in [4.78, 5) is 2.14. The van der Waals surface area contributed by atoms with E-state index in [1.54, 1.807) is 19.9 Å². The van der Waals surface area contributed by atoms with Crippen molar-refractivity contribution in [2.75, 3.05) is 20.3 Å². The Hall–Kier alpha value is -1.78. The van der Waals surface area contributed by atoms with Gasteiger partial charge in [0.25, 0.3) is 0 Å². The van der Waals surface area contributed by atoms with Gasteiger partial charge in [-0.15, -0.1) is 0 Å². The van der Waals surface area contributed by atoms with Gasteiger partial charge in [-0.25, -0.2) is 4.39 Å². The minimum absolute atomic E-state index is 0.259. The lowest BCUT2D eigenvalue weighted by Crippen LogP contribution is -2.23. The van der Waals surface area contributed by atoms with E-state index in [-0.39, 0.29) is 12.0 Å². The van der Waals surface area contributed by atoms with Crippen molar-refractivity contribution in [3.05, 3.63) is 57.9 Å². The second-order valence-corrected chi connectivity index (χ2v) is 7.13. The number of nitrogens with zero attached hydrogens (tertiary/aromatic N) is 1. The fraction of sp³-hybridized carbons (Fsp3) is 0.565. The molecule has 1 saturated heterocycles. The average molecular weight is 400 g/mol. The zero-order valence-electron chi connectivity index (χ0n) is 17.7. The number of hydrogen-bond donors (Lipinski definition) is 0. The minimum Gasteiger partial charge on any atom is -0.378 e. The topological polar surface area (TPSA) is 3.24 Å². The van der Waals surface area contributed by atoms with Crippen molar-refractivity contribution < 1.29 is 17.6 Å². The molecule has 0 atom stereocenters. The molecule has 1 aliphatic heterocycles. The first-order chi connectivity index (χ1) is 13.2. The molecule has 1 aliphatic rings. The van der Waals surface area contributed by atoms with Gasteiger partial charge in [-0.3, -0.25) is 0 Å². The quantitative estimate of drug-likeness (QED) is 0.317. The lowest BCUT2D eigenvalue weighted by Gasteiger charge is -2.29. The largest absolute Gasteiger partial charge is 0.416 e. The highest BCUT2D eigenvalue weighted by atomic mass is 19.4. The van der Waals surface area contributed by atoms with E-state index in [9.17, 15) is 17.6 Å². The van der Waals surface area contributed by atoms with E-state index >= 15 is 0 Å². The van der Waals surface area contributed by atoms with Crippen molar-refractivity contribution in [1.29, 1.82) is 0 Å². The Labute approximate surface area is 167 Å². The number of likely N-dealkylation sites (tertiary alicyclic amines) is 1. The first-order valence-electron chi connectivity index (χ1n) is 10.0. The number of hydrogen-bond acceptors (Lipinski definition) is 1. The molecular formula is C23H33F4N. The molecule has 0 unspecified atom stereocenters. The molecule has 1 heterocycles. The molecule has 158 valence electrons. The number of alkyl halides is 4. The van der Waals surface area contributed by atoms with Crippen LogP contribution in [0.25, 0.3) is 0 Å². The predicted molar refractivity (Wildman–Crippen MR) is 110 cm³/mol. The Morgan fingerprint density at radius 1 is 1.18 bits per heavy atom. The molecule has 0 aromatic rings. The molecule has 0 N–H and O–H groups in total. The van der Waals surface area contributed by atoms with Gasteiger partial charge in [-0.2, -0.15) is 13.2 Å². The van der Waals surface area contributed by atoms with Crippen molar-refractivity contribution in [2.45, 2.75) is 66.0 Å². The third-order valence-corrected chi connectivity index (χ3v) is 5.15. The summed E-state index contributed by atoms with van der Waals surface area (Å²) >= 11 is 0. The van der Waals surface area contributed by atoms with Crippen molar-refractivity contribution in [3.63, 3.8) is 0 Å². The second-order valence-electron chi connectivity index (χ2n) is 7.13. The van der Waals surface area contributed by atoms with Gasteiger partial charge in [-0.1, -0.05) is 31.6 Å². The Morgan fingerprint density at radius 2 is 1.86 bits per heavy atom. The maximum atomic E-state index is 13.8. The molecule has 0 amide bonds. The number of rotatable bonds is 7. The maximum Gasteiger partial charge on any atom is 0.416 e. The summed E-state index contributed by atoms with van der Waals surface area (Å²) < 4.78 is 54.4. The van der Waals surface area contributed by atoms with Gasteiger partial charge in [0.15, 0.2) is 0 Å². The van der Waals surface area contributed by atoms with Gasteiger partial charge in [0.05, 0.1) is 5.57 Å². The van der Waals surface area contributed by atoms with Gasteiger partial charge in [0.2, 0.25) is 0 Å². The Morgan fingerprint density at radius 3 is 2.32 bits per heavy atom. The molecule has 28 heavy (non-hydrogen) atoms. The molecule has 0 radical (unpaired) electrons. The van der Waals surface area contributed by atoms with E-state index in [0.29, 0.717) is 17.6 Å². The number of halogens is 4. The summed E-state index contributed by atoms with van der Waals surface area (Å²) in [6.45, 7) is 7.32. The van der Waals surface area contributed by atoms with Crippen LogP contribution in [-0.4, -0.2) is 31.3 Å². The third-order valence-electron chi connectivity index (χ3n) is 5.15. The summed E-state index contributed by atoms with van der Waals surface area (Å²) in [6.07, 6.45) is 5.30. The minimum atomic E-state index is -4.48. The summed E-state index contributed by atoms with van der Waals surface area (Å²) in [5.74, 6) is 0. The number of piperidine rings is 1. The molecule has 0 spiro atoms. The van der Waals surface area contributed by atoms with Crippen LogP contribution in [0.4, 0.5) is 17.6 Å². The normalized spacial score (nSPS) is 20.0. The maximum absolute atomic E-state index is 13.8. The van der Waals surface area contributed by atoms with E-state index in [0.717, 1.165) is 49.2 Å². The van der Waals surface area contributed by atoms with Crippen LogP contribution in [-0.2, 0) is 0 Å². The predicted octanol–water partition coefficient (Wildman–Crippen LogP) is 7.45. The first kappa shape index (κ1) is 24.3. The second kappa shape index (κ2) is 11.3. The summed E-state index contributed by atoms with van der Waals surface area (Å²) in [7, 11) is 2.00. The van der Waals surface area contributed by atoms with Crippen molar-refractivity contribution in [3.8, 4) is 0 Å². The van der Waals surface area contributed by atoms with E-state index in [4.69, 9.17) is 0 Å². The van der Waals surface area contributed by atoms with E-state index < -0.39 is 18.4 Å². The smallest absolute Gasteiger partial charge is 0.378 e. The van der Waals surface area contributed by atoms with Crippen LogP contribution in [0.2, 0.25) is 0 Å². The monoisotopic (exact) mass is 399 g/mol. The van der Waals surface area contributed by atoms with Gasteiger partial charge >= 0.3 is 6.18 Å². The molecule has 0 aromatic heterocycles. The molecule has 0 bridgehead atoms. The van der Waals surface area contributed by atoms with Crippen LogP contribution in [0.5, 0.6) is 0 Å². The molecule has 0 aliphatic carbocycles. The van der Waals surface area contributed by atoms with Crippen molar-refractivity contribution in [1.82, 2.24) is 4.90 Å². The van der Waals surface area contributed by atoms with Gasteiger partial charge in [-0.05, 0) is 74.8 Å². The Balaban J connectivity index is 3.69. The molecule has 1 fully saturated rings. The van der Waals surface area contributed by atoms with Crippen LogP contribution in [0, 0.1) is 0 Å². The Kier molecular flexibility index (Phi) is 9.77. The SMILES string of the molecule is C\C=C(CF)/C(=C\C(=C\CC)C(F)(F)F)C(/C=C1/CCCCN1C)=C(C)CC. The molecule has 0 saturated carbocycles. The molecular weight excluding hydrogens is 366 g/mol. The van der Waals surface area contributed by atoms with Crippen LogP contribution >= 0.6 is 0 Å². The molecule has 0 aromatic carbocycles. The first-order valence-corrected chi connectivity index (χ1v) is 10.0. The molecule has 5 heteroatoms. The number of allylic oxidation sites excluding steroid dienone is 10. The van der Waals surface area contributed by atoms with Crippen molar-refractivity contribution >= 4 is 0 Å². The van der Waals surface area contributed by atoms with Crippen LogP contribution in [0.15, 0.2) is 57.9 Å². The van der Waals surface area contributed by atoms with Crippen LogP contribution in [0.3, 0.4) is 0 Å². The highest BCUT2D eigenvalue weighted by Crippen LogP contribution is 2.34. The highest BCUT2D eigenvalue weighted by Gasteiger charge is 2.32. The fourth-order valence-electron chi connectivity index (χ4n) is 3.24. The summed E-state index contributed by atoms with van der Waals surface area (Å²) in [5, 5.41) is 0. The lowest BCUT2D eigenvalue weighted by atomic mass is 9.89. The van der Waals surface area contributed by atoms with Crippen LogP contribution in [0.1, 0.15) is 59.8 Å². The van der Waals surface area contributed by atoms with E-state index in [1.807, 2.05) is 27.0 Å². The fourth-order valence-corrected chi connectivity index (χ4v) is 3.24. The summed E-state index contributed by atoms with van der Waals surface area (Å²) in [6, 6.07) is 0. The zero-order valence-corrected chi connectivity index (χ0v) is 17.7. The van der Waals surface area contributed by atoms with E-state index in [2.05, 4.69) is 4.90 Å². The standard InChI is InChI=1S/C23H33F4N/c1-6-11-19(23(25,26)27)14-22(18(8-3)16-24)21(17(4)7-2)15-20-12-9-10-13-28(20)5/h8,11,14-15H,6-7,9-10,12-13,16H2,1-5H3/b18-8-,19-11-,20-15-,21-17?,22-14+. The molecule has 1 rings (SSSR count). The van der Waals surface area contributed by atoms with Gasteiger partial charge < -0.3 is 4.90 Å². The van der Waals surface area contributed by atoms with Gasteiger partial charge in [0.1, 0.15) is 6.67 Å². The zero-order chi connectivity index (χ0) is 21.3. The van der Waals surface area contributed by atoms with E-state index in [1.165, 1.54) is 0 Å². The van der Waals surface area contributed by atoms with Crippen LogP contribution < -0.4 is 0 Å². The highest BCUT2D eigenvalue weighted by molar-refractivity contribution is 5.57. The third kappa shape index (κ3) is 6.68. The van der Waals surface area contributed by atoms with Crippen molar-refractivity contribution in [2.24, 2.45) is 0 Å². The Bertz CT molecular complexity index is 675. The molecule has 1 nitrogen and oxygen atoms in total. The van der Waals surface area contributed by atoms with Gasteiger partial charge in [0, 0.05) is 19.3 Å².